The van der Waals surface area contributed by atoms with Gasteiger partial charge in [0.25, 0.3) is 0 Å². The van der Waals surface area contributed by atoms with Gasteiger partial charge in [0.2, 0.25) is 5.91 Å². The highest BCUT2D eigenvalue weighted by Crippen LogP contribution is 2.34. The first-order chi connectivity index (χ1) is 11.6. The molecule has 3 rings (SSSR count). The molecule has 0 saturated carbocycles. The second-order valence-corrected chi connectivity index (χ2v) is 6.60. The van der Waals surface area contributed by atoms with Crippen LogP contribution in [0.4, 0.5) is 5.69 Å². The van der Waals surface area contributed by atoms with E-state index < -0.39 is 5.25 Å². The van der Waals surface area contributed by atoms with Gasteiger partial charge in [-0.2, -0.15) is 5.10 Å². The number of amides is 1. The Kier molecular flexibility index (Phi) is 4.96. The van der Waals surface area contributed by atoms with Crippen LogP contribution < -0.4 is 5.32 Å². The van der Waals surface area contributed by atoms with E-state index >= 15 is 0 Å². The number of nitrogens with one attached hydrogen (secondary N) is 2. The molecule has 0 aliphatic rings. The van der Waals surface area contributed by atoms with Crippen LogP contribution in [0.1, 0.15) is 21.9 Å². The highest BCUT2D eigenvalue weighted by molar-refractivity contribution is 8.00. The number of anilines is 1. The zero-order chi connectivity index (χ0) is 16.9. The minimum absolute atomic E-state index is 0.0868. The molecule has 2 aromatic carbocycles. The second kappa shape index (κ2) is 7.31. The van der Waals surface area contributed by atoms with Crippen LogP contribution in [0.2, 0.25) is 0 Å². The summed E-state index contributed by atoms with van der Waals surface area (Å²) in [5.41, 5.74) is 3.89. The molecule has 6 heteroatoms. The number of nitrogens with zero attached hydrogens (tertiary/aromatic N) is 2. The van der Waals surface area contributed by atoms with Crippen molar-refractivity contribution in [3.63, 3.8) is 0 Å². The third-order valence-corrected chi connectivity index (χ3v) is 4.76. The van der Waals surface area contributed by atoms with Gasteiger partial charge in [-0.3, -0.25) is 9.89 Å². The summed E-state index contributed by atoms with van der Waals surface area (Å²) in [6, 6.07) is 15.7. The lowest BCUT2D eigenvalue weighted by atomic mass is 10.1. The van der Waals surface area contributed by atoms with Crippen LogP contribution in [0.15, 0.2) is 60.0 Å². The third kappa shape index (κ3) is 3.83. The van der Waals surface area contributed by atoms with Crippen molar-refractivity contribution in [1.82, 2.24) is 15.2 Å². The van der Waals surface area contributed by atoms with Crippen molar-refractivity contribution in [2.45, 2.75) is 24.3 Å². The molecule has 0 spiro atoms. The van der Waals surface area contributed by atoms with Gasteiger partial charge < -0.3 is 5.32 Å². The normalized spacial score (nSPS) is 11.9. The summed E-state index contributed by atoms with van der Waals surface area (Å²) in [6.07, 6.45) is 1.44. The molecule has 2 N–H and O–H groups in total. The van der Waals surface area contributed by atoms with Crippen molar-refractivity contribution in [2.75, 3.05) is 5.32 Å². The van der Waals surface area contributed by atoms with E-state index in [-0.39, 0.29) is 5.91 Å². The van der Waals surface area contributed by atoms with E-state index in [4.69, 9.17) is 0 Å². The van der Waals surface area contributed by atoms with Gasteiger partial charge in [0.15, 0.2) is 5.16 Å². The average molecular weight is 338 g/mol. The molecule has 0 fully saturated rings. The Morgan fingerprint density at radius 3 is 2.67 bits per heavy atom. The third-order valence-electron chi connectivity index (χ3n) is 3.61. The molecule has 1 amide bonds. The first-order valence-corrected chi connectivity index (χ1v) is 8.46. The van der Waals surface area contributed by atoms with Gasteiger partial charge in [-0.15, -0.1) is 0 Å². The van der Waals surface area contributed by atoms with E-state index in [1.807, 2.05) is 62.4 Å². The summed E-state index contributed by atoms with van der Waals surface area (Å²) >= 11 is 1.34. The second-order valence-electron chi connectivity index (χ2n) is 5.51. The van der Waals surface area contributed by atoms with Crippen LogP contribution in [-0.4, -0.2) is 21.1 Å². The lowest BCUT2D eigenvalue weighted by Crippen LogP contribution is -2.19. The Morgan fingerprint density at radius 1 is 1.17 bits per heavy atom. The lowest BCUT2D eigenvalue weighted by molar-refractivity contribution is -0.115. The van der Waals surface area contributed by atoms with Crippen molar-refractivity contribution in [3.8, 4) is 0 Å². The number of hydrogen-bond donors (Lipinski definition) is 2. The number of aromatic amines is 1. The molecule has 0 saturated heterocycles. The molecule has 5 nitrogen and oxygen atoms in total. The van der Waals surface area contributed by atoms with Crippen LogP contribution in [0.25, 0.3) is 0 Å². The van der Waals surface area contributed by atoms with Gasteiger partial charge in [0.05, 0.1) is 0 Å². The summed E-state index contributed by atoms with van der Waals surface area (Å²) in [6.45, 7) is 3.99. The van der Waals surface area contributed by atoms with Gasteiger partial charge in [0, 0.05) is 5.69 Å². The summed E-state index contributed by atoms with van der Waals surface area (Å²) in [7, 11) is 0. The van der Waals surface area contributed by atoms with Crippen LogP contribution in [0, 0.1) is 13.8 Å². The van der Waals surface area contributed by atoms with Gasteiger partial charge >= 0.3 is 0 Å². The molecule has 122 valence electrons. The number of H-pyrrole nitrogens is 1. The summed E-state index contributed by atoms with van der Waals surface area (Å²) in [5.74, 6) is -0.0868. The van der Waals surface area contributed by atoms with Gasteiger partial charge in [-0.1, -0.05) is 54.2 Å². The van der Waals surface area contributed by atoms with Gasteiger partial charge in [-0.25, -0.2) is 4.98 Å². The molecule has 1 heterocycles. The fourth-order valence-electron chi connectivity index (χ4n) is 2.33. The number of rotatable bonds is 5. The van der Waals surface area contributed by atoms with Crippen LogP contribution >= 0.6 is 11.8 Å². The molecule has 3 aromatic rings. The molecule has 1 unspecified atom stereocenters. The van der Waals surface area contributed by atoms with Crippen LogP contribution in [0.5, 0.6) is 0 Å². The predicted octanol–water partition coefficient (Wildman–Crippen LogP) is 3.89. The van der Waals surface area contributed by atoms with Crippen molar-refractivity contribution in [1.29, 1.82) is 0 Å². The lowest BCUT2D eigenvalue weighted by Gasteiger charge is -2.17. The zero-order valence-corrected chi connectivity index (χ0v) is 14.3. The molecule has 0 aliphatic carbocycles. The van der Waals surface area contributed by atoms with E-state index in [1.165, 1.54) is 18.1 Å². The molecule has 24 heavy (non-hydrogen) atoms. The standard InChI is InChI=1S/C18H18N4OS/c1-12-8-9-13(2)15(10-12)21-17(23)16(14-6-4-3-5-7-14)24-18-19-11-20-22-18/h3-11,16H,1-2H3,(H,21,23)(H,19,20,22). The monoisotopic (exact) mass is 338 g/mol. The Labute approximate surface area is 144 Å². The summed E-state index contributed by atoms with van der Waals surface area (Å²) < 4.78 is 0. The maximum Gasteiger partial charge on any atom is 0.242 e. The molecule has 1 atom stereocenters. The predicted molar refractivity (Wildman–Crippen MR) is 96.0 cm³/mol. The quantitative estimate of drug-likeness (QED) is 0.692. The van der Waals surface area contributed by atoms with E-state index in [0.29, 0.717) is 5.16 Å². The minimum atomic E-state index is -0.418. The van der Waals surface area contributed by atoms with E-state index in [9.17, 15) is 4.79 Å². The Hall–Kier alpha value is -2.60. The van der Waals surface area contributed by atoms with E-state index in [0.717, 1.165) is 22.4 Å². The fourth-order valence-corrected chi connectivity index (χ4v) is 3.23. The van der Waals surface area contributed by atoms with Crippen molar-refractivity contribution < 1.29 is 4.79 Å². The highest BCUT2D eigenvalue weighted by Gasteiger charge is 2.23. The zero-order valence-electron chi connectivity index (χ0n) is 13.5. The molecular formula is C18H18N4OS. The number of benzene rings is 2. The topological polar surface area (TPSA) is 70.7 Å². The Bertz CT molecular complexity index is 818. The Balaban J connectivity index is 1.87. The average Bonchev–Trinajstić information content (AvgIpc) is 3.10. The number of aromatic nitrogens is 3. The molecule has 0 aliphatic heterocycles. The molecule has 0 bridgehead atoms. The van der Waals surface area contributed by atoms with Crippen molar-refractivity contribution in [2.24, 2.45) is 0 Å². The molecule has 0 radical (unpaired) electrons. The van der Waals surface area contributed by atoms with Gasteiger partial charge in [-0.05, 0) is 36.6 Å². The molecule has 1 aromatic heterocycles. The van der Waals surface area contributed by atoms with E-state index in [2.05, 4.69) is 20.5 Å². The molecular weight excluding hydrogens is 320 g/mol. The number of aryl methyl sites for hydroxylation is 2. The first-order valence-electron chi connectivity index (χ1n) is 7.58. The van der Waals surface area contributed by atoms with Crippen LogP contribution in [0.3, 0.4) is 0 Å². The number of hydrogen-bond acceptors (Lipinski definition) is 4. The SMILES string of the molecule is Cc1ccc(C)c(NC(=O)C(Sc2ncn[nH]2)c2ccccc2)c1. The van der Waals surface area contributed by atoms with Gasteiger partial charge in [0.1, 0.15) is 11.6 Å². The highest BCUT2D eigenvalue weighted by atomic mass is 32.2. The van der Waals surface area contributed by atoms with Crippen molar-refractivity contribution in [3.05, 3.63) is 71.5 Å². The minimum Gasteiger partial charge on any atom is -0.325 e. The first kappa shape index (κ1) is 16.3. The van der Waals surface area contributed by atoms with E-state index in [1.54, 1.807) is 0 Å². The summed E-state index contributed by atoms with van der Waals surface area (Å²) in [4.78, 5) is 17.0. The maximum atomic E-state index is 12.9. The number of thioether (sulfide) groups is 1. The maximum absolute atomic E-state index is 12.9. The number of carbonyl (C=O) groups is 1. The summed E-state index contributed by atoms with van der Waals surface area (Å²) in [5, 5.41) is 9.88. The number of carbonyl (C=O) groups excluding carboxylic acids is 1. The largest absolute Gasteiger partial charge is 0.325 e. The smallest absolute Gasteiger partial charge is 0.242 e. The van der Waals surface area contributed by atoms with Crippen molar-refractivity contribution >= 4 is 23.4 Å². The fraction of sp³-hybridized carbons (Fsp3) is 0.167. The Morgan fingerprint density at radius 2 is 1.96 bits per heavy atom. The van der Waals surface area contributed by atoms with Crippen LogP contribution in [-0.2, 0) is 4.79 Å².